The van der Waals surface area contributed by atoms with Crippen LogP contribution in [0.25, 0.3) is 22.1 Å². The van der Waals surface area contributed by atoms with Crippen molar-refractivity contribution in [3.63, 3.8) is 0 Å². The maximum Gasteiger partial charge on any atom is 0.416 e. The van der Waals surface area contributed by atoms with E-state index in [-0.39, 0.29) is 18.7 Å². The molecular formula is C28H29F3N4O2. The molecule has 1 aliphatic rings. The van der Waals surface area contributed by atoms with Crippen molar-refractivity contribution in [1.82, 2.24) is 9.38 Å². The lowest BCUT2D eigenvalue weighted by atomic mass is 9.99. The SMILES string of the molecule is CC.Cc1c(CNc2nc3cc(CN=O)cn3c3ccc(C4=CCOCC4)cc23)cccc1C(F)(F)F. The van der Waals surface area contributed by atoms with E-state index in [4.69, 9.17) is 9.72 Å². The van der Waals surface area contributed by atoms with Gasteiger partial charge >= 0.3 is 6.18 Å². The highest BCUT2D eigenvalue weighted by molar-refractivity contribution is 5.94. The zero-order chi connectivity index (χ0) is 26.6. The fraction of sp³-hybridized carbons (Fsp3) is 0.321. The highest BCUT2D eigenvalue weighted by Crippen LogP contribution is 2.34. The first-order valence-electron chi connectivity index (χ1n) is 12.3. The summed E-state index contributed by atoms with van der Waals surface area (Å²) in [6.07, 6.45) is 0.275. The average Bonchev–Trinajstić information content (AvgIpc) is 3.31. The molecule has 3 heterocycles. The second kappa shape index (κ2) is 11.1. The number of nitrogens with one attached hydrogen (secondary N) is 1. The normalized spacial score (nSPS) is 13.7. The van der Waals surface area contributed by atoms with E-state index in [0.29, 0.717) is 30.2 Å². The maximum atomic E-state index is 13.4. The highest BCUT2D eigenvalue weighted by Gasteiger charge is 2.32. The monoisotopic (exact) mass is 510 g/mol. The Labute approximate surface area is 213 Å². The van der Waals surface area contributed by atoms with Crippen LogP contribution in [-0.2, 0) is 24.0 Å². The molecule has 6 nitrogen and oxygen atoms in total. The number of rotatable bonds is 6. The fourth-order valence-electron chi connectivity index (χ4n) is 4.54. The minimum atomic E-state index is -4.41. The van der Waals surface area contributed by atoms with Crippen molar-refractivity contribution < 1.29 is 17.9 Å². The van der Waals surface area contributed by atoms with Crippen LogP contribution in [0.5, 0.6) is 0 Å². The molecule has 1 aliphatic heterocycles. The molecule has 0 bridgehead atoms. The molecule has 0 radical (unpaired) electrons. The third-order valence-corrected chi connectivity index (χ3v) is 6.37. The first-order chi connectivity index (χ1) is 17.8. The van der Waals surface area contributed by atoms with E-state index in [2.05, 4.69) is 16.6 Å². The van der Waals surface area contributed by atoms with Gasteiger partial charge in [-0.25, -0.2) is 4.98 Å². The molecule has 194 valence electrons. The molecule has 0 spiro atoms. The van der Waals surface area contributed by atoms with E-state index in [0.717, 1.165) is 34.5 Å². The Bertz CT molecular complexity index is 1460. The Morgan fingerprint density at radius 3 is 2.68 bits per heavy atom. The average molecular weight is 511 g/mol. The van der Waals surface area contributed by atoms with Crippen LogP contribution in [0.1, 0.15) is 48.1 Å². The Morgan fingerprint density at radius 1 is 1.16 bits per heavy atom. The van der Waals surface area contributed by atoms with Crippen molar-refractivity contribution in [3.8, 4) is 0 Å². The van der Waals surface area contributed by atoms with Crippen LogP contribution in [0.4, 0.5) is 19.0 Å². The second-order valence-corrected chi connectivity index (χ2v) is 8.55. The predicted molar refractivity (Wildman–Crippen MR) is 140 cm³/mol. The summed E-state index contributed by atoms with van der Waals surface area (Å²) in [5.74, 6) is 0.558. The summed E-state index contributed by atoms with van der Waals surface area (Å²) in [7, 11) is 0. The van der Waals surface area contributed by atoms with Gasteiger partial charge in [0.2, 0.25) is 0 Å². The van der Waals surface area contributed by atoms with Gasteiger partial charge in [-0.05, 0) is 65.4 Å². The molecule has 0 saturated carbocycles. The van der Waals surface area contributed by atoms with Crippen molar-refractivity contribution in [3.05, 3.63) is 87.5 Å². The van der Waals surface area contributed by atoms with Gasteiger partial charge in [-0.3, -0.25) is 0 Å². The number of fused-ring (bicyclic) bond motifs is 3. The smallest absolute Gasteiger partial charge is 0.377 e. The molecule has 2 aromatic heterocycles. The summed E-state index contributed by atoms with van der Waals surface area (Å²) in [6.45, 7) is 6.90. The quantitative estimate of drug-likeness (QED) is 0.272. The van der Waals surface area contributed by atoms with Gasteiger partial charge in [0.1, 0.15) is 18.0 Å². The molecule has 2 aromatic carbocycles. The molecule has 1 N–H and O–H groups in total. The van der Waals surface area contributed by atoms with Crippen LogP contribution >= 0.6 is 0 Å². The topological polar surface area (TPSA) is 68.0 Å². The van der Waals surface area contributed by atoms with Gasteiger partial charge in [0, 0.05) is 18.1 Å². The van der Waals surface area contributed by atoms with E-state index >= 15 is 0 Å². The Morgan fingerprint density at radius 2 is 1.97 bits per heavy atom. The maximum absolute atomic E-state index is 13.4. The number of hydrogen-bond acceptors (Lipinski definition) is 5. The van der Waals surface area contributed by atoms with Crippen LogP contribution in [0.2, 0.25) is 0 Å². The zero-order valence-corrected chi connectivity index (χ0v) is 21.0. The van der Waals surface area contributed by atoms with Crippen molar-refractivity contribution >= 4 is 27.9 Å². The van der Waals surface area contributed by atoms with E-state index < -0.39 is 11.7 Å². The Hall–Kier alpha value is -3.72. The molecule has 9 heteroatoms. The zero-order valence-electron chi connectivity index (χ0n) is 21.0. The Kier molecular flexibility index (Phi) is 7.92. The van der Waals surface area contributed by atoms with Gasteiger partial charge in [0.15, 0.2) is 0 Å². The standard InChI is InChI=1S/C26H23F3N4O2.C2H6/c1-16-20(3-2-4-22(16)26(27,28)29)14-30-25-21-12-19(18-7-9-35-10-8-18)5-6-23(21)33-15-17(13-31-34)11-24(33)32-25;1-2/h2-7,11-12,15H,8-10,13-14H2,1H3,(H,30,32);1-2H3. The number of benzene rings is 2. The third-order valence-electron chi connectivity index (χ3n) is 6.37. The molecule has 0 unspecified atom stereocenters. The number of halogens is 3. The summed E-state index contributed by atoms with van der Waals surface area (Å²) >= 11 is 0. The summed E-state index contributed by atoms with van der Waals surface area (Å²) < 4.78 is 47.5. The van der Waals surface area contributed by atoms with Crippen LogP contribution in [0, 0.1) is 11.8 Å². The summed E-state index contributed by atoms with van der Waals surface area (Å²) in [5, 5.41) is 7.07. The van der Waals surface area contributed by atoms with Crippen molar-refractivity contribution in [1.29, 1.82) is 0 Å². The first kappa shape index (κ1) is 26.3. The van der Waals surface area contributed by atoms with Gasteiger partial charge in [0.05, 0.1) is 24.3 Å². The molecule has 5 rings (SSSR count). The van der Waals surface area contributed by atoms with Crippen LogP contribution < -0.4 is 5.32 Å². The van der Waals surface area contributed by atoms with E-state index in [9.17, 15) is 18.1 Å². The number of hydrogen-bond donors (Lipinski definition) is 1. The summed E-state index contributed by atoms with van der Waals surface area (Å²) in [4.78, 5) is 15.6. The number of alkyl halides is 3. The number of nitrogens with zero attached hydrogens (tertiary/aromatic N) is 3. The van der Waals surface area contributed by atoms with E-state index in [1.54, 1.807) is 12.1 Å². The lowest BCUT2D eigenvalue weighted by Gasteiger charge is -2.17. The lowest BCUT2D eigenvalue weighted by molar-refractivity contribution is -0.138. The van der Waals surface area contributed by atoms with Crippen LogP contribution in [0.15, 0.2) is 59.9 Å². The molecule has 0 amide bonds. The number of anilines is 1. The van der Waals surface area contributed by atoms with Crippen LogP contribution in [-0.4, -0.2) is 22.6 Å². The van der Waals surface area contributed by atoms with E-state index in [1.807, 2.05) is 42.6 Å². The van der Waals surface area contributed by atoms with Crippen molar-refractivity contribution in [2.75, 3.05) is 18.5 Å². The van der Waals surface area contributed by atoms with Gasteiger partial charge in [-0.15, -0.1) is 0 Å². The minimum Gasteiger partial charge on any atom is -0.377 e. The molecular weight excluding hydrogens is 481 g/mol. The Balaban J connectivity index is 0.00000156. The fourth-order valence-corrected chi connectivity index (χ4v) is 4.54. The molecule has 0 aliphatic carbocycles. The molecule has 0 atom stereocenters. The number of ether oxygens (including phenoxy) is 1. The number of aromatic nitrogens is 2. The predicted octanol–water partition coefficient (Wildman–Crippen LogP) is 7.52. The molecule has 37 heavy (non-hydrogen) atoms. The van der Waals surface area contributed by atoms with Crippen LogP contribution in [0.3, 0.4) is 0 Å². The summed E-state index contributed by atoms with van der Waals surface area (Å²) in [5.41, 5.74) is 4.53. The van der Waals surface area contributed by atoms with Gasteiger partial charge in [0.25, 0.3) is 0 Å². The third kappa shape index (κ3) is 5.51. The summed E-state index contributed by atoms with van der Waals surface area (Å²) in [6, 6.07) is 12.1. The van der Waals surface area contributed by atoms with Gasteiger partial charge in [-0.1, -0.05) is 43.3 Å². The first-order valence-corrected chi connectivity index (χ1v) is 12.3. The molecule has 0 fully saturated rings. The largest absolute Gasteiger partial charge is 0.416 e. The lowest BCUT2D eigenvalue weighted by Crippen LogP contribution is -2.11. The van der Waals surface area contributed by atoms with E-state index in [1.165, 1.54) is 18.6 Å². The van der Waals surface area contributed by atoms with Crippen molar-refractivity contribution in [2.24, 2.45) is 5.18 Å². The second-order valence-electron chi connectivity index (χ2n) is 8.55. The highest BCUT2D eigenvalue weighted by atomic mass is 19.4. The minimum absolute atomic E-state index is 0.0298. The van der Waals surface area contributed by atoms with Gasteiger partial charge in [-0.2, -0.15) is 18.1 Å². The van der Waals surface area contributed by atoms with Gasteiger partial charge < -0.3 is 14.5 Å². The molecule has 4 aromatic rings. The van der Waals surface area contributed by atoms with Crippen molar-refractivity contribution in [2.45, 2.75) is 46.5 Å². The molecule has 0 saturated heterocycles. The number of nitroso groups, excluding NO2 is 1.